The van der Waals surface area contributed by atoms with Gasteiger partial charge in [-0.15, -0.1) is 0 Å². The summed E-state index contributed by atoms with van der Waals surface area (Å²) < 4.78 is 0. The van der Waals surface area contributed by atoms with Gasteiger partial charge in [0.25, 0.3) is 0 Å². The van der Waals surface area contributed by atoms with Gasteiger partial charge in [0, 0.05) is 26.0 Å². The maximum Gasteiger partial charge on any atom is 0.239 e. The highest BCUT2D eigenvalue weighted by Gasteiger charge is 2.13. The van der Waals surface area contributed by atoms with Crippen LogP contribution in [0.15, 0.2) is 12.4 Å². The molecule has 18 heavy (non-hydrogen) atoms. The normalized spacial score (nSPS) is 9.94. The Bertz CT molecular complexity index is 452. The van der Waals surface area contributed by atoms with Crippen LogP contribution in [0.2, 0.25) is 0 Å². The van der Waals surface area contributed by atoms with Gasteiger partial charge in [-0.1, -0.05) is 13.8 Å². The third-order valence-electron chi connectivity index (χ3n) is 2.23. The predicted octanol–water partition coefficient (Wildman–Crippen LogP) is 0.557. The number of amides is 1. The van der Waals surface area contributed by atoms with Crippen LogP contribution in [-0.4, -0.2) is 36.0 Å². The smallest absolute Gasteiger partial charge is 0.239 e. The van der Waals surface area contributed by atoms with Crippen molar-refractivity contribution in [3.05, 3.63) is 18.1 Å². The Hall–Kier alpha value is -2.16. The summed E-state index contributed by atoms with van der Waals surface area (Å²) in [7, 11) is 1.71. The van der Waals surface area contributed by atoms with Gasteiger partial charge in [-0.25, -0.2) is 9.97 Å². The molecule has 0 atom stereocenters. The SMILES string of the molecule is CC(C)CNC(=O)CN(C)c1nccnc1C#N. The summed E-state index contributed by atoms with van der Waals surface area (Å²) in [6, 6.07) is 1.95. The number of nitriles is 1. The lowest BCUT2D eigenvalue weighted by atomic mass is 10.2. The van der Waals surface area contributed by atoms with Gasteiger partial charge < -0.3 is 10.2 Å². The van der Waals surface area contributed by atoms with Gasteiger partial charge >= 0.3 is 0 Å². The fraction of sp³-hybridized carbons (Fsp3) is 0.500. The molecule has 1 amide bonds. The van der Waals surface area contributed by atoms with Gasteiger partial charge in [-0.2, -0.15) is 5.26 Å². The Morgan fingerprint density at radius 2 is 2.17 bits per heavy atom. The first-order chi connectivity index (χ1) is 8.54. The van der Waals surface area contributed by atoms with Crippen LogP contribution in [0, 0.1) is 17.2 Å². The summed E-state index contributed by atoms with van der Waals surface area (Å²) in [5, 5.41) is 11.7. The Balaban J connectivity index is 2.62. The van der Waals surface area contributed by atoms with E-state index in [1.54, 1.807) is 11.9 Å². The molecule has 0 aliphatic heterocycles. The molecular formula is C12H17N5O. The van der Waals surface area contributed by atoms with Crippen LogP contribution in [0.4, 0.5) is 5.82 Å². The van der Waals surface area contributed by atoms with Crippen LogP contribution in [0.3, 0.4) is 0 Å². The van der Waals surface area contributed by atoms with E-state index in [1.165, 1.54) is 12.4 Å². The molecule has 6 heteroatoms. The van der Waals surface area contributed by atoms with Gasteiger partial charge in [-0.3, -0.25) is 4.79 Å². The highest BCUT2D eigenvalue weighted by Crippen LogP contribution is 2.11. The van der Waals surface area contributed by atoms with E-state index in [0.717, 1.165) is 0 Å². The minimum atomic E-state index is -0.0965. The van der Waals surface area contributed by atoms with Crippen molar-refractivity contribution < 1.29 is 4.79 Å². The molecule has 6 nitrogen and oxygen atoms in total. The Labute approximate surface area is 107 Å². The number of aromatic nitrogens is 2. The Morgan fingerprint density at radius 3 is 2.78 bits per heavy atom. The fourth-order valence-corrected chi connectivity index (χ4v) is 1.35. The molecule has 1 aromatic rings. The van der Waals surface area contributed by atoms with Crippen LogP contribution in [0.25, 0.3) is 0 Å². The standard InChI is InChI=1S/C12H17N5O/c1-9(2)7-16-11(18)8-17(3)12-10(6-13)14-4-5-15-12/h4-5,9H,7-8H2,1-3H3,(H,16,18). The lowest BCUT2D eigenvalue weighted by Gasteiger charge is -2.18. The van der Waals surface area contributed by atoms with Crippen LogP contribution >= 0.6 is 0 Å². The second-order valence-corrected chi connectivity index (χ2v) is 4.39. The quantitative estimate of drug-likeness (QED) is 0.822. The van der Waals surface area contributed by atoms with Gasteiger partial charge in [0.05, 0.1) is 6.54 Å². The van der Waals surface area contributed by atoms with E-state index in [4.69, 9.17) is 5.26 Å². The van der Waals surface area contributed by atoms with Crippen molar-refractivity contribution in [3.8, 4) is 6.07 Å². The minimum absolute atomic E-state index is 0.0965. The maximum atomic E-state index is 11.6. The van der Waals surface area contributed by atoms with Crippen molar-refractivity contribution in [1.29, 1.82) is 5.26 Å². The topological polar surface area (TPSA) is 81.9 Å². The largest absolute Gasteiger partial charge is 0.354 e. The number of nitrogens with zero attached hydrogens (tertiary/aromatic N) is 4. The summed E-state index contributed by atoms with van der Waals surface area (Å²) in [5.74, 6) is 0.728. The molecule has 0 bridgehead atoms. The summed E-state index contributed by atoms with van der Waals surface area (Å²) >= 11 is 0. The van der Waals surface area contributed by atoms with Crippen LogP contribution in [-0.2, 0) is 4.79 Å². The number of likely N-dealkylation sites (N-methyl/N-ethyl adjacent to an activating group) is 1. The number of nitrogens with one attached hydrogen (secondary N) is 1. The zero-order chi connectivity index (χ0) is 13.5. The Kier molecular flexibility index (Phi) is 5.06. The molecule has 0 aliphatic rings. The predicted molar refractivity (Wildman–Crippen MR) is 67.9 cm³/mol. The molecule has 1 heterocycles. The lowest BCUT2D eigenvalue weighted by molar-refractivity contribution is -0.119. The third kappa shape index (κ3) is 4.01. The fourth-order valence-electron chi connectivity index (χ4n) is 1.35. The highest BCUT2D eigenvalue weighted by molar-refractivity contribution is 5.81. The van der Waals surface area contributed by atoms with Crippen LogP contribution < -0.4 is 10.2 Å². The summed E-state index contributed by atoms with van der Waals surface area (Å²) in [6.07, 6.45) is 2.95. The molecule has 0 saturated heterocycles. The number of hydrogen-bond donors (Lipinski definition) is 1. The average molecular weight is 247 g/mol. The maximum absolute atomic E-state index is 11.6. The minimum Gasteiger partial charge on any atom is -0.354 e. The van der Waals surface area contributed by atoms with Crippen molar-refractivity contribution in [2.45, 2.75) is 13.8 Å². The number of hydrogen-bond acceptors (Lipinski definition) is 5. The molecule has 0 aromatic carbocycles. The van der Waals surface area contributed by atoms with Gasteiger partial charge in [0.2, 0.25) is 5.91 Å². The molecule has 0 fully saturated rings. The first-order valence-electron chi connectivity index (χ1n) is 5.73. The van der Waals surface area contributed by atoms with Crippen molar-refractivity contribution in [2.75, 3.05) is 25.0 Å². The molecule has 0 radical (unpaired) electrons. The van der Waals surface area contributed by atoms with E-state index in [0.29, 0.717) is 18.3 Å². The third-order valence-corrected chi connectivity index (χ3v) is 2.23. The van der Waals surface area contributed by atoms with Gasteiger partial charge in [0.1, 0.15) is 6.07 Å². The lowest BCUT2D eigenvalue weighted by Crippen LogP contribution is -2.37. The molecular weight excluding hydrogens is 230 g/mol. The van der Waals surface area contributed by atoms with E-state index < -0.39 is 0 Å². The molecule has 1 rings (SSSR count). The first kappa shape index (κ1) is 13.9. The van der Waals surface area contributed by atoms with Gasteiger partial charge in [-0.05, 0) is 5.92 Å². The second kappa shape index (κ2) is 6.55. The second-order valence-electron chi connectivity index (χ2n) is 4.39. The van der Waals surface area contributed by atoms with Crippen molar-refractivity contribution in [3.63, 3.8) is 0 Å². The van der Waals surface area contributed by atoms with E-state index in [1.807, 2.05) is 19.9 Å². The molecule has 1 aromatic heterocycles. The van der Waals surface area contributed by atoms with E-state index in [2.05, 4.69) is 15.3 Å². The monoisotopic (exact) mass is 247 g/mol. The molecule has 0 aliphatic carbocycles. The zero-order valence-corrected chi connectivity index (χ0v) is 10.8. The highest BCUT2D eigenvalue weighted by atomic mass is 16.2. The van der Waals surface area contributed by atoms with E-state index in [-0.39, 0.29) is 18.1 Å². The van der Waals surface area contributed by atoms with Crippen LogP contribution in [0.1, 0.15) is 19.5 Å². The average Bonchev–Trinajstić information content (AvgIpc) is 2.36. The molecule has 0 saturated carbocycles. The van der Waals surface area contributed by atoms with Crippen molar-refractivity contribution >= 4 is 11.7 Å². The summed E-state index contributed by atoms with van der Waals surface area (Å²) in [6.45, 7) is 4.85. The Morgan fingerprint density at radius 1 is 1.50 bits per heavy atom. The van der Waals surface area contributed by atoms with Crippen molar-refractivity contribution in [2.24, 2.45) is 5.92 Å². The van der Waals surface area contributed by atoms with E-state index in [9.17, 15) is 4.79 Å². The number of carbonyl (C=O) groups excluding carboxylic acids is 1. The number of carbonyl (C=O) groups is 1. The number of rotatable bonds is 5. The van der Waals surface area contributed by atoms with Crippen LogP contribution in [0.5, 0.6) is 0 Å². The zero-order valence-electron chi connectivity index (χ0n) is 10.8. The first-order valence-corrected chi connectivity index (χ1v) is 5.73. The van der Waals surface area contributed by atoms with Gasteiger partial charge in [0.15, 0.2) is 11.5 Å². The molecule has 96 valence electrons. The van der Waals surface area contributed by atoms with E-state index >= 15 is 0 Å². The summed E-state index contributed by atoms with van der Waals surface area (Å²) in [5.41, 5.74) is 0.219. The van der Waals surface area contributed by atoms with Crippen molar-refractivity contribution in [1.82, 2.24) is 15.3 Å². The molecule has 0 unspecified atom stereocenters. The molecule has 0 spiro atoms. The summed E-state index contributed by atoms with van der Waals surface area (Å²) in [4.78, 5) is 21.2. The number of anilines is 1. The molecule has 1 N–H and O–H groups in total.